The van der Waals surface area contributed by atoms with Crippen molar-refractivity contribution >= 4 is 11.7 Å². The van der Waals surface area contributed by atoms with Gasteiger partial charge < -0.3 is 11.1 Å². The molecule has 0 saturated heterocycles. The van der Waals surface area contributed by atoms with Crippen LogP contribution in [0.5, 0.6) is 0 Å². The van der Waals surface area contributed by atoms with Crippen LogP contribution in [0.3, 0.4) is 0 Å². The molecule has 14 heavy (non-hydrogen) atoms. The maximum Gasteiger partial charge on any atom is 0.289 e. The first-order chi connectivity index (χ1) is 6.47. The SMILES string of the molecule is CCC[C@@](C)(N)C(=O)C(=O)NC1CC1. The normalized spacial score (nSPS) is 19.9. The predicted molar refractivity (Wildman–Crippen MR) is 53.7 cm³/mol. The largest absolute Gasteiger partial charge is 0.347 e. The van der Waals surface area contributed by atoms with Crippen molar-refractivity contribution in [2.75, 3.05) is 0 Å². The van der Waals surface area contributed by atoms with Gasteiger partial charge in [0.05, 0.1) is 5.54 Å². The summed E-state index contributed by atoms with van der Waals surface area (Å²) in [4.78, 5) is 23.0. The second-order valence-corrected chi connectivity index (χ2v) is 4.24. The molecule has 0 heterocycles. The van der Waals surface area contributed by atoms with Crippen molar-refractivity contribution in [2.24, 2.45) is 5.73 Å². The minimum Gasteiger partial charge on any atom is -0.347 e. The third-order valence-corrected chi connectivity index (χ3v) is 2.41. The summed E-state index contributed by atoms with van der Waals surface area (Å²) < 4.78 is 0. The van der Waals surface area contributed by atoms with Gasteiger partial charge in [-0.25, -0.2) is 0 Å². The van der Waals surface area contributed by atoms with E-state index in [0.29, 0.717) is 6.42 Å². The van der Waals surface area contributed by atoms with E-state index in [2.05, 4.69) is 5.32 Å². The third-order valence-electron chi connectivity index (χ3n) is 2.41. The minimum absolute atomic E-state index is 0.212. The fraction of sp³-hybridized carbons (Fsp3) is 0.800. The van der Waals surface area contributed by atoms with E-state index in [1.807, 2.05) is 6.92 Å². The highest BCUT2D eigenvalue weighted by molar-refractivity contribution is 6.39. The van der Waals surface area contributed by atoms with Crippen molar-refractivity contribution in [1.29, 1.82) is 0 Å². The molecule has 3 N–H and O–H groups in total. The van der Waals surface area contributed by atoms with E-state index in [9.17, 15) is 9.59 Å². The van der Waals surface area contributed by atoms with Crippen molar-refractivity contribution in [1.82, 2.24) is 5.32 Å². The van der Waals surface area contributed by atoms with Gasteiger partial charge in [-0.15, -0.1) is 0 Å². The molecular weight excluding hydrogens is 180 g/mol. The summed E-state index contributed by atoms with van der Waals surface area (Å²) in [6.07, 6.45) is 3.31. The van der Waals surface area contributed by atoms with Gasteiger partial charge in [-0.3, -0.25) is 9.59 Å². The number of hydrogen-bond acceptors (Lipinski definition) is 3. The first-order valence-corrected chi connectivity index (χ1v) is 5.11. The molecule has 80 valence electrons. The van der Waals surface area contributed by atoms with Gasteiger partial charge in [0.2, 0.25) is 5.78 Å². The van der Waals surface area contributed by atoms with Crippen LogP contribution >= 0.6 is 0 Å². The van der Waals surface area contributed by atoms with E-state index in [-0.39, 0.29) is 6.04 Å². The first-order valence-electron chi connectivity index (χ1n) is 5.11. The molecule has 0 bridgehead atoms. The zero-order chi connectivity index (χ0) is 10.8. The summed E-state index contributed by atoms with van der Waals surface area (Å²) in [5, 5.41) is 2.65. The number of nitrogens with two attached hydrogens (primary N) is 1. The number of amides is 1. The zero-order valence-electron chi connectivity index (χ0n) is 8.80. The molecule has 1 atom stereocenters. The van der Waals surface area contributed by atoms with Crippen molar-refractivity contribution in [3.8, 4) is 0 Å². The summed E-state index contributed by atoms with van der Waals surface area (Å²) >= 11 is 0. The lowest BCUT2D eigenvalue weighted by atomic mass is 9.92. The molecule has 0 unspecified atom stereocenters. The Balaban J connectivity index is 2.48. The number of Topliss-reactive ketones (excluding diaryl/α,β-unsaturated/α-hetero) is 1. The second-order valence-electron chi connectivity index (χ2n) is 4.24. The summed E-state index contributed by atoms with van der Waals surface area (Å²) in [6.45, 7) is 3.56. The quantitative estimate of drug-likeness (QED) is 0.626. The van der Waals surface area contributed by atoms with Crippen molar-refractivity contribution < 1.29 is 9.59 Å². The summed E-state index contributed by atoms with van der Waals surface area (Å²) in [6, 6.07) is 0.212. The molecule has 0 radical (unpaired) electrons. The average molecular weight is 198 g/mol. The number of rotatable bonds is 5. The molecule has 0 aromatic rings. The van der Waals surface area contributed by atoms with Gasteiger partial charge in [-0.1, -0.05) is 13.3 Å². The molecule has 1 aliphatic carbocycles. The Morgan fingerprint density at radius 2 is 2.07 bits per heavy atom. The molecule has 0 aromatic carbocycles. The Bertz CT molecular complexity index is 245. The Labute approximate surface area is 84.2 Å². The number of hydrogen-bond donors (Lipinski definition) is 2. The lowest BCUT2D eigenvalue weighted by molar-refractivity contribution is -0.140. The lowest BCUT2D eigenvalue weighted by Gasteiger charge is -2.21. The van der Waals surface area contributed by atoms with Crippen LogP contribution in [-0.2, 0) is 9.59 Å². The standard InChI is InChI=1S/C10H18N2O2/c1-3-6-10(2,11)8(13)9(14)12-7-4-5-7/h7H,3-6,11H2,1-2H3,(H,12,14)/t10-/m1/s1. The number of carbonyl (C=O) groups is 2. The topological polar surface area (TPSA) is 72.2 Å². The summed E-state index contributed by atoms with van der Waals surface area (Å²) in [7, 11) is 0. The monoisotopic (exact) mass is 198 g/mol. The fourth-order valence-corrected chi connectivity index (χ4v) is 1.37. The van der Waals surface area contributed by atoms with Gasteiger partial charge >= 0.3 is 0 Å². The van der Waals surface area contributed by atoms with E-state index in [1.165, 1.54) is 0 Å². The van der Waals surface area contributed by atoms with Crippen molar-refractivity contribution in [2.45, 2.75) is 51.1 Å². The third kappa shape index (κ3) is 2.80. The van der Waals surface area contributed by atoms with Crippen molar-refractivity contribution in [3.05, 3.63) is 0 Å². The van der Waals surface area contributed by atoms with Gasteiger partial charge in [0, 0.05) is 6.04 Å². The molecule has 4 nitrogen and oxygen atoms in total. The van der Waals surface area contributed by atoms with E-state index in [4.69, 9.17) is 5.73 Å². The van der Waals surface area contributed by atoms with Gasteiger partial charge in [-0.05, 0) is 26.2 Å². The van der Waals surface area contributed by atoms with E-state index < -0.39 is 17.2 Å². The number of carbonyl (C=O) groups excluding carboxylic acids is 2. The molecular formula is C10H18N2O2. The lowest BCUT2D eigenvalue weighted by Crippen LogP contribution is -2.52. The zero-order valence-corrected chi connectivity index (χ0v) is 8.80. The van der Waals surface area contributed by atoms with Gasteiger partial charge in [0.1, 0.15) is 0 Å². The second kappa shape index (κ2) is 4.09. The van der Waals surface area contributed by atoms with Gasteiger partial charge in [-0.2, -0.15) is 0 Å². The summed E-state index contributed by atoms with van der Waals surface area (Å²) in [5.41, 5.74) is 4.75. The molecule has 4 heteroatoms. The van der Waals surface area contributed by atoms with Gasteiger partial charge in [0.25, 0.3) is 5.91 Å². The van der Waals surface area contributed by atoms with Crippen LogP contribution in [0.2, 0.25) is 0 Å². The fourth-order valence-electron chi connectivity index (χ4n) is 1.37. The molecule has 1 aliphatic rings. The number of ketones is 1. The summed E-state index contributed by atoms with van der Waals surface area (Å²) in [5.74, 6) is -1.02. The highest BCUT2D eigenvalue weighted by Crippen LogP contribution is 2.19. The smallest absolute Gasteiger partial charge is 0.289 e. The van der Waals surface area contributed by atoms with Crippen LogP contribution in [0.1, 0.15) is 39.5 Å². The molecule has 0 spiro atoms. The average Bonchev–Trinajstić information content (AvgIpc) is 2.86. The Morgan fingerprint density at radius 1 is 1.50 bits per heavy atom. The highest BCUT2D eigenvalue weighted by atomic mass is 16.2. The predicted octanol–water partition coefficient (Wildman–Crippen LogP) is 0.352. The molecule has 1 saturated carbocycles. The molecule has 0 aromatic heterocycles. The maximum atomic E-state index is 11.6. The molecule has 0 aliphatic heterocycles. The van der Waals surface area contributed by atoms with Crippen LogP contribution in [0.25, 0.3) is 0 Å². The Kier molecular flexibility index (Phi) is 3.26. The Hall–Kier alpha value is -0.900. The van der Waals surface area contributed by atoms with E-state index in [1.54, 1.807) is 6.92 Å². The van der Waals surface area contributed by atoms with Crippen LogP contribution in [0.4, 0.5) is 0 Å². The highest BCUT2D eigenvalue weighted by Gasteiger charge is 2.35. The molecule has 1 fully saturated rings. The number of nitrogens with one attached hydrogen (secondary N) is 1. The van der Waals surface area contributed by atoms with Crippen LogP contribution in [-0.4, -0.2) is 23.3 Å². The molecule has 1 amide bonds. The van der Waals surface area contributed by atoms with Crippen LogP contribution in [0, 0.1) is 0 Å². The Morgan fingerprint density at radius 3 is 2.50 bits per heavy atom. The minimum atomic E-state index is -1.01. The first kappa shape index (κ1) is 11.2. The molecule has 1 rings (SSSR count). The van der Waals surface area contributed by atoms with Gasteiger partial charge in [0.15, 0.2) is 0 Å². The van der Waals surface area contributed by atoms with Crippen LogP contribution in [0.15, 0.2) is 0 Å². The van der Waals surface area contributed by atoms with Crippen molar-refractivity contribution in [3.63, 3.8) is 0 Å². The van der Waals surface area contributed by atoms with E-state index >= 15 is 0 Å². The van der Waals surface area contributed by atoms with Crippen LogP contribution < -0.4 is 11.1 Å². The maximum absolute atomic E-state index is 11.6. The van der Waals surface area contributed by atoms with E-state index in [0.717, 1.165) is 19.3 Å².